The number of nitrogens with one attached hydrogen (secondary N) is 1. The minimum Gasteiger partial charge on any atom is -0.371 e. The highest BCUT2D eigenvalue weighted by molar-refractivity contribution is 5.34. The van der Waals surface area contributed by atoms with Crippen molar-refractivity contribution >= 4 is 11.9 Å². The Kier molecular flexibility index (Phi) is 3.53. The van der Waals surface area contributed by atoms with E-state index >= 15 is 0 Å². The number of aromatic nitrogens is 4. The van der Waals surface area contributed by atoms with Gasteiger partial charge in [0.1, 0.15) is 0 Å². The highest BCUT2D eigenvalue weighted by atomic mass is 19.1. The van der Waals surface area contributed by atoms with Gasteiger partial charge >= 0.3 is 0 Å². The minimum atomic E-state index is -0.424. The second kappa shape index (κ2) is 5.69. The maximum Gasteiger partial charge on any atom is 0.225 e. The molecule has 23 heavy (non-hydrogen) atoms. The van der Waals surface area contributed by atoms with E-state index in [1.807, 2.05) is 4.90 Å². The number of ether oxygens (including phenoxy) is 1. The number of hydrogen-bond donors (Lipinski definition) is 1. The van der Waals surface area contributed by atoms with Crippen molar-refractivity contribution in [2.75, 3.05) is 29.9 Å². The fraction of sp³-hybridized carbons (Fsp3) is 0.467. The Bertz CT molecular complexity index is 669. The van der Waals surface area contributed by atoms with Gasteiger partial charge in [-0.3, -0.25) is 0 Å². The van der Waals surface area contributed by atoms with Crippen LogP contribution >= 0.6 is 0 Å². The molecule has 2 saturated heterocycles. The van der Waals surface area contributed by atoms with Crippen molar-refractivity contribution in [2.45, 2.75) is 24.5 Å². The Hall–Kier alpha value is -2.35. The molecule has 0 radical (unpaired) electrons. The predicted molar refractivity (Wildman–Crippen MR) is 81.6 cm³/mol. The lowest BCUT2D eigenvalue weighted by molar-refractivity contribution is 0.0228. The molecule has 8 heteroatoms. The van der Waals surface area contributed by atoms with Crippen LogP contribution in [-0.4, -0.2) is 51.3 Å². The quantitative estimate of drug-likeness (QED) is 0.913. The zero-order valence-electron chi connectivity index (χ0n) is 12.5. The van der Waals surface area contributed by atoms with Gasteiger partial charge in [-0.2, -0.15) is 0 Å². The van der Waals surface area contributed by atoms with Gasteiger partial charge < -0.3 is 15.0 Å². The summed E-state index contributed by atoms with van der Waals surface area (Å²) in [5.41, 5.74) is -0.204. The Labute approximate surface area is 132 Å². The summed E-state index contributed by atoms with van der Waals surface area (Å²) in [7, 11) is 0. The SMILES string of the molecule is Fc1cnc(N2CC[C@]3(C[C@@H](Nc4ncccn4)CO3)C2)nc1. The van der Waals surface area contributed by atoms with Crippen LogP contribution in [0.4, 0.5) is 16.3 Å². The molecule has 4 heterocycles. The van der Waals surface area contributed by atoms with Crippen LogP contribution in [0.2, 0.25) is 0 Å². The van der Waals surface area contributed by atoms with E-state index in [1.165, 1.54) is 12.4 Å². The van der Waals surface area contributed by atoms with Gasteiger partial charge in [0.15, 0.2) is 5.82 Å². The topological polar surface area (TPSA) is 76.1 Å². The average Bonchev–Trinajstić information content (AvgIpc) is 3.16. The summed E-state index contributed by atoms with van der Waals surface area (Å²) in [6.45, 7) is 2.14. The van der Waals surface area contributed by atoms with Crippen molar-refractivity contribution in [3.8, 4) is 0 Å². The molecule has 0 bridgehead atoms. The monoisotopic (exact) mass is 316 g/mol. The number of hydrogen-bond acceptors (Lipinski definition) is 7. The molecule has 0 aromatic carbocycles. The molecule has 120 valence electrons. The van der Waals surface area contributed by atoms with E-state index in [-0.39, 0.29) is 11.6 Å². The molecule has 0 saturated carbocycles. The van der Waals surface area contributed by atoms with Gasteiger partial charge in [0.25, 0.3) is 0 Å². The van der Waals surface area contributed by atoms with Gasteiger partial charge in [-0.25, -0.2) is 24.3 Å². The summed E-state index contributed by atoms with van der Waals surface area (Å²) in [6.07, 6.45) is 7.60. The third kappa shape index (κ3) is 2.94. The highest BCUT2D eigenvalue weighted by Crippen LogP contribution is 2.36. The third-order valence-corrected chi connectivity index (χ3v) is 4.31. The van der Waals surface area contributed by atoms with Crippen LogP contribution in [0.3, 0.4) is 0 Å². The van der Waals surface area contributed by atoms with Gasteiger partial charge in [-0.15, -0.1) is 0 Å². The Morgan fingerprint density at radius 3 is 2.78 bits per heavy atom. The van der Waals surface area contributed by atoms with Gasteiger partial charge in [0, 0.05) is 25.4 Å². The van der Waals surface area contributed by atoms with E-state index in [0.717, 1.165) is 19.4 Å². The number of rotatable bonds is 3. The van der Waals surface area contributed by atoms with Crippen molar-refractivity contribution < 1.29 is 9.13 Å². The molecule has 0 amide bonds. The second-order valence-corrected chi connectivity index (χ2v) is 5.98. The number of anilines is 2. The summed E-state index contributed by atoms with van der Waals surface area (Å²) >= 11 is 0. The summed E-state index contributed by atoms with van der Waals surface area (Å²) in [5.74, 6) is 0.747. The Morgan fingerprint density at radius 2 is 2.00 bits per heavy atom. The van der Waals surface area contributed by atoms with Gasteiger partial charge in [0.05, 0.1) is 37.2 Å². The molecule has 2 aliphatic heterocycles. The third-order valence-electron chi connectivity index (χ3n) is 4.31. The van der Waals surface area contributed by atoms with Crippen molar-refractivity contribution in [3.05, 3.63) is 36.7 Å². The average molecular weight is 316 g/mol. The lowest BCUT2D eigenvalue weighted by atomic mass is 9.97. The van der Waals surface area contributed by atoms with Crippen molar-refractivity contribution in [3.63, 3.8) is 0 Å². The molecule has 2 atom stereocenters. The summed E-state index contributed by atoms with van der Waals surface area (Å²) in [5, 5.41) is 3.31. The summed E-state index contributed by atoms with van der Waals surface area (Å²) in [4.78, 5) is 18.5. The van der Waals surface area contributed by atoms with Crippen LogP contribution in [-0.2, 0) is 4.74 Å². The standard InChI is InChI=1S/C15H17FN6O/c16-11-7-19-14(20-8-11)22-5-2-15(10-22)6-12(9-23-15)21-13-17-3-1-4-18-13/h1,3-4,7-8,12H,2,5-6,9-10H2,(H,17,18,21)/t12-,15+/m1/s1. The fourth-order valence-electron chi connectivity index (χ4n) is 3.26. The lowest BCUT2D eigenvalue weighted by Gasteiger charge is -2.23. The van der Waals surface area contributed by atoms with Crippen LogP contribution in [0, 0.1) is 5.82 Å². The van der Waals surface area contributed by atoms with Crippen LogP contribution in [0.5, 0.6) is 0 Å². The van der Waals surface area contributed by atoms with E-state index in [0.29, 0.717) is 25.0 Å². The molecule has 1 N–H and O–H groups in total. The van der Waals surface area contributed by atoms with E-state index < -0.39 is 5.82 Å². The van der Waals surface area contributed by atoms with E-state index in [1.54, 1.807) is 18.5 Å². The first-order valence-corrected chi connectivity index (χ1v) is 7.62. The molecule has 0 unspecified atom stereocenters. The van der Waals surface area contributed by atoms with E-state index in [4.69, 9.17) is 4.74 Å². The lowest BCUT2D eigenvalue weighted by Crippen LogP contribution is -2.34. The van der Waals surface area contributed by atoms with Crippen molar-refractivity contribution in [1.82, 2.24) is 19.9 Å². The molecular formula is C15H17FN6O. The molecular weight excluding hydrogens is 299 g/mol. The molecule has 2 aliphatic rings. The first kappa shape index (κ1) is 14.3. The van der Waals surface area contributed by atoms with Gasteiger partial charge in [-0.05, 0) is 12.5 Å². The minimum absolute atomic E-state index is 0.187. The molecule has 2 aromatic rings. The Morgan fingerprint density at radius 1 is 1.22 bits per heavy atom. The normalized spacial score (nSPS) is 26.8. The zero-order chi connectivity index (χ0) is 15.7. The van der Waals surface area contributed by atoms with Crippen LogP contribution < -0.4 is 10.2 Å². The number of nitrogens with zero attached hydrogens (tertiary/aromatic N) is 5. The van der Waals surface area contributed by atoms with Crippen molar-refractivity contribution in [1.29, 1.82) is 0 Å². The van der Waals surface area contributed by atoms with Crippen molar-refractivity contribution in [2.24, 2.45) is 0 Å². The summed E-state index contributed by atoms with van der Waals surface area (Å²) < 4.78 is 19.0. The molecule has 2 fully saturated rings. The highest BCUT2D eigenvalue weighted by Gasteiger charge is 2.46. The largest absolute Gasteiger partial charge is 0.371 e. The Balaban J connectivity index is 1.40. The maximum absolute atomic E-state index is 12.9. The second-order valence-electron chi connectivity index (χ2n) is 5.98. The van der Waals surface area contributed by atoms with Gasteiger partial charge in [-0.1, -0.05) is 0 Å². The first-order valence-electron chi connectivity index (χ1n) is 7.62. The van der Waals surface area contributed by atoms with Gasteiger partial charge in [0.2, 0.25) is 11.9 Å². The maximum atomic E-state index is 12.9. The van der Waals surface area contributed by atoms with E-state index in [9.17, 15) is 4.39 Å². The molecule has 0 aliphatic carbocycles. The predicted octanol–water partition coefficient (Wildman–Crippen LogP) is 1.26. The zero-order valence-corrected chi connectivity index (χ0v) is 12.5. The van der Waals surface area contributed by atoms with Crippen LogP contribution in [0.15, 0.2) is 30.9 Å². The summed E-state index contributed by atoms with van der Waals surface area (Å²) in [6, 6.07) is 1.97. The molecule has 7 nitrogen and oxygen atoms in total. The molecule has 4 rings (SSSR count). The van der Waals surface area contributed by atoms with Crippen LogP contribution in [0.1, 0.15) is 12.8 Å². The first-order chi connectivity index (χ1) is 11.2. The smallest absolute Gasteiger partial charge is 0.225 e. The fourth-order valence-corrected chi connectivity index (χ4v) is 3.26. The molecule has 2 aromatic heterocycles. The molecule has 1 spiro atoms. The van der Waals surface area contributed by atoms with Crippen LogP contribution in [0.25, 0.3) is 0 Å². The van der Waals surface area contributed by atoms with E-state index in [2.05, 4.69) is 25.3 Å². The number of halogens is 1.